The molecule has 0 unspecified atom stereocenters. The molecule has 1 heterocycles. The number of aliphatic hydroxyl groups excluding tert-OH is 3. The molecule has 0 aromatic heterocycles. The predicted molar refractivity (Wildman–Crippen MR) is 127 cm³/mol. The van der Waals surface area contributed by atoms with Gasteiger partial charge in [0.15, 0.2) is 0 Å². The Balaban J connectivity index is 1.79. The predicted octanol–water partition coefficient (Wildman–Crippen LogP) is 5.53. The third-order valence-electron chi connectivity index (χ3n) is 6.57. The van der Waals surface area contributed by atoms with Gasteiger partial charge in [0.05, 0.1) is 13.2 Å². The van der Waals surface area contributed by atoms with E-state index in [1.807, 2.05) is 0 Å². The van der Waals surface area contributed by atoms with Gasteiger partial charge in [0.1, 0.15) is 24.4 Å². The van der Waals surface area contributed by atoms with Crippen LogP contribution in [0.2, 0.25) is 0 Å². The van der Waals surface area contributed by atoms with E-state index in [0.717, 1.165) is 12.8 Å². The maximum absolute atomic E-state index is 10.1. The molecule has 0 amide bonds. The van der Waals surface area contributed by atoms with Gasteiger partial charge in [-0.2, -0.15) is 0 Å². The zero-order valence-electron chi connectivity index (χ0n) is 20.3. The number of hydrogen-bond donors (Lipinski definition) is 3. The third-order valence-corrected chi connectivity index (χ3v) is 6.57. The average molecular weight is 445 g/mol. The van der Waals surface area contributed by atoms with Crippen LogP contribution in [0.15, 0.2) is 0 Å². The topological polar surface area (TPSA) is 79.2 Å². The summed E-state index contributed by atoms with van der Waals surface area (Å²) < 4.78 is 10.9. The lowest BCUT2D eigenvalue weighted by Gasteiger charge is -2.37. The number of aliphatic hydroxyl groups is 3. The Bertz CT molecular complexity index is 379. The third kappa shape index (κ3) is 14.5. The van der Waals surface area contributed by atoms with E-state index < -0.39 is 24.4 Å². The molecule has 1 rings (SSSR count). The summed E-state index contributed by atoms with van der Waals surface area (Å²) in [5.41, 5.74) is 0. The molecule has 1 aliphatic rings. The van der Waals surface area contributed by atoms with E-state index in [9.17, 15) is 15.3 Å². The smallest absolute Gasteiger partial charge is 0.114 e. The molecular formula is C26H52O5. The Morgan fingerprint density at radius 2 is 1.10 bits per heavy atom. The van der Waals surface area contributed by atoms with Crippen LogP contribution in [-0.4, -0.2) is 59.6 Å². The fourth-order valence-corrected chi connectivity index (χ4v) is 4.45. The quantitative estimate of drug-likeness (QED) is 0.203. The highest BCUT2D eigenvalue weighted by molar-refractivity contribution is 4.87. The molecule has 0 aromatic rings. The molecule has 0 radical (unpaired) electrons. The number of hydrogen-bond acceptors (Lipinski definition) is 5. The summed E-state index contributed by atoms with van der Waals surface area (Å²) in [5.74, 6) is 0. The van der Waals surface area contributed by atoms with Crippen molar-refractivity contribution in [1.82, 2.24) is 0 Å². The lowest BCUT2D eigenvalue weighted by molar-refractivity contribution is -0.210. The Kier molecular flexibility index (Phi) is 19.0. The second-order valence-electron chi connectivity index (χ2n) is 9.46. The van der Waals surface area contributed by atoms with Crippen molar-refractivity contribution in [2.24, 2.45) is 0 Å². The highest BCUT2D eigenvalue weighted by atomic mass is 16.6. The second-order valence-corrected chi connectivity index (χ2v) is 9.46. The zero-order valence-corrected chi connectivity index (χ0v) is 20.3. The first kappa shape index (κ1) is 28.8. The van der Waals surface area contributed by atoms with Crippen LogP contribution in [0.1, 0.15) is 122 Å². The van der Waals surface area contributed by atoms with Crippen molar-refractivity contribution in [2.45, 2.75) is 147 Å². The summed E-state index contributed by atoms with van der Waals surface area (Å²) in [4.78, 5) is 0. The molecule has 31 heavy (non-hydrogen) atoms. The van der Waals surface area contributed by atoms with Gasteiger partial charge in [0.25, 0.3) is 0 Å². The fraction of sp³-hybridized carbons (Fsp3) is 1.00. The molecule has 0 aromatic carbocycles. The van der Waals surface area contributed by atoms with Crippen LogP contribution in [0.3, 0.4) is 0 Å². The Morgan fingerprint density at radius 1 is 0.677 bits per heavy atom. The zero-order chi connectivity index (χ0) is 22.6. The van der Waals surface area contributed by atoms with Crippen molar-refractivity contribution in [3.63, 3.8) is 0 Å². The van der Waals surface area contributed by atoms with Gasteiger partial charge in [-0.15, -0.1) is 0 Å². The minimum Gasteiger partial charge on any atom is -0.394 e. The van der Waals surface area contributed by atoms with Crippen LogP contribution in [0.5, 0.6) is 0 Å². The van der Waals surface area contributed by atoms with Crippen LogP contribution in [0.4, 0.5) is 0 Å². The molecule has 186 valence electrons. The summed E-state index contributed by atoms with van der Waals surface area (Å²) in [6.45, 7) is 2.66. The first-order chi connectivity index (χ1) is 15.2. The Hall–Kier alpha value is -0.200. The minimum absolute atomic E-state index is 0.103. The summed E-state index contributed by atoms with van der Waals surface area (Å²) in [5, 5.41) is 29.2. The van der Waals surface area contributed by atoms with Crippen LogP contribution in [0, 0.1) is 0 Å². The van der Waals surface area contributed by atoms with Gasteiger partial charge in [-0.1, -0.05) is 116 Å². The Labute approximate surface area is 191 Å². The SMILES string of the molecule is CCCCCCCCCCCCCCCCCCCCO[C@H]1[C@H](O)[C@@H](CO)OC[C@@H]1O. The monoisotopic (exact) mass is 444 g/mol. The van der Waals surface area contributed by atoms with E-state index in [1.54, 1.807) is 0 Å². The number of rotatable bonds is 21. The lowest BCUT2D eigenvalue weighted by Crippen LogP contribution is -2.55. The van der Waals surface area contributed by atoms with E-state index >= 15 is 0 Å². The van der Waals surface area contributed by atoms with Crippen molar-refractivity contribution in [3.05, 3.63) is 0 Å². The van der Waals surface area contributed by atoms with E-state index in [2.05, 4.69) is 6.92 Å². The van der Waals surface area contributed by atoms with E-state index in [0.29, 0.717) is 6.61 Å². The van der Waals surface area contributed by atoms with E-state index in [-0.39, 0.29) is 13.2 Å². The number of unbranched alkanes of at least 4 members (excludes halogenated alkanes) is 17. The Morgan fingerprint density at radius 3 is 1.52 bits per heavy atom. The van der Waals surface area contributed by atoms with Crippen molar-refractivity contribution < 1.29 is 24.8 Å². The van der Waals surface area contributed by atoms with Crippen LogP contribution in [-0.2, 0) is 9.47 Å². The molecule has 0 spiro atoms. The molecule has 1 aliphatic heterocycles. The molecule has 0 saturated carbocycles. The van der Waals surface area contributed by atoms with Gasteiger partial charge in [-0.3, -0.25) is 0 Å². The van der Waals surface area contributed by atoms with Crippen molar-refractivity contribution in [2.75, 3.05) is 19.8 Å². The molecule has 3 N–H and O–H groups in total. The van der Waals surface area contributed by atoms with Gasteiger partial charge in [0, 0.05) is 6.61 Å². The number of ether oxygens (including phenoxy) is 2. The largest absolute Gasteiger partial charge is 0.394 e. The maximum Gasteiger partial charge on any atom is 0.114 e. The van der Waals surface area contributed by atoms with Gasteiger partial charge in [0.2, 0.25) is 0 Å². The first-order valence-electron chi connectivity index (χ1n) is 13.4. The molecule has 4 atom stereocenters. The minimum atomic E-state index is -0.968. The van der Waals surface area contributed by atoms with Crippen molar-refractivity contribution in [1.29, 1.82) is 0 Å². The highest BCUT2D eigenvalue weighted by Crippen LogP contribution is 2.19. The van der Waals surface area contributed by atoms with Gasteiger partial charge < -0.3 is 24.8 Å². The van der Waals surface area contributed by atoms with Gasteiger partial charge >= 0.3 is 0 Å². The van der Waals surface area contributed by atoms with Gasteiger partial charge in [-0.05, 0) is 6.42 Å². The summed E-state index contributed by atoms with van der Waals surface area (Å²) in [7, 11) is 0. The molecule has 0 bridgehead atoms. The molecule has 5 heteroatoms. The molecular weight excluding hydrogens is 392 g/mol. The summed E-state index contributed by atoms with van der Waals surface area (Å²) >= 11 is 0. The molecule has 0 aliphatic carbocycles. The maximum atomic E-state index is 10.1. The standard InChI is InChI=1S/C26H52O5/c1-2-3-4-5-6-7-8-9-10-11-12-13-14-15-16-17-18-19-20-30-26-23(28)22-31-24(21-27)25(26)29/h23-29H,2-22H2,1H3/t23-,24+,25+,26+/m0/s1. The summed E-state index contributed by atoms with van der Waals surface area (Å²) in [6.07, 6.45) is 21.1. The first-order valence-corrected chi connectivity index (χ1v) is 13.4. The average Bonchev–Trinajstić information content (AvgIpc) is 2.77. The molecule has 5 nitrogen and oxygen atoms in total. The lowest BCUT2D eigenvalue weighted by atomic mass is 10.0. The van der Waals surface area contributed by atoms with Crippen molar-refractivity contribution >= 4 is 0 Å². The van der Waals surface area contributed by atoms with Crippen molar-refractivity contribution in [3.8, 4) is 0 Å². The fourth-order valence-electron chi connectivity index (χ4n) is 4.45. The van der Waals surface area contributed by atoms with Crippen LogP contribution < -0.4 is 0 Å². The molecule has 1 fully saturated rings. The second kappa shape index (κ2) is 20.4. The van der Waals surface area contributed by atoms with Gasteiger partial charge in [-0.25, -0.2) is 0 Å². The summed E-state index contributed by atoms with van der Waals surface area (Å²) in [6, 6.07) is 0. The molecule has 1 saturated heterocycles. The van der Waals surface area contributed by atoms with E-state index in [1.165, 1.54) is 103 Å². The van der Waals surface area contributed by atoms with E-state index in [4.69, 9.17) is 9.47 Å². The normalized spacial score (nSPS) is 24.0. The highest BCUT2D eigenvalue weighted by Gasteiger charge is 2.38. The van der Waals surface area contributed by atoms with Crippen LogP contribution in [0.25, 0.3) is 0 Å². The van der Waals surface area contributed by atoms with Crippen LogP contribution >= 0.6 is 0 Å².